The molecule has 2 saturated heterocycles. The number of piperidine rings is 1. The summed E-state index contributed by atoms with van der Waals surface area (Å²) in [6.45, 7) is 1.08. The van der Waals surface area contributed by atoms with Gasteiger partial charge < -0.3 is 9.64 Å². The van der Waals surface area contributed by atoms with E-state index >= 15 is 0 Å². The fourth-order valence-corrected chi connectivity index (χ4v) is 2.94. The number of hydrogen-bond donors (Lipinski definition) is 1. The maximum absolute atomic E-state index is 14.6. The molecular weight excluding hydrogens is 317 g/mol. The third-order valence-electron chi connectivity index (χ3n) is 4.25. The maximum Gasteiger partial charge on any atom is 0.328 e. The largest absolute Gasteiger partial charge is 0.494 e. The van der Waals surface area contributed by atoms with Crippen molar-refractivity contribution in [3.63, 3.8) is 0 Å². The zero-order chi connectivity index (χ0) is 17.3. The molecule has 24 heavy (non-hydrogen) atoms. The molecule has 2 fully saturated rings. The van der Waals surface area contributed by atoms with Crippen molar-refractivity contribution < 1.29 is 23.5 Å². The summed E-state index contributed by atoms with van der Waals surface area (Å²) in [7, 11) is 1.44. The molecule has 7 nitrogen and oxygen atoms in total. The van der Waals surface area contributed by atoms with Gasteiger partial charge in [-0.05, 0) is 0 Å². The fraction of sp³-hybridized carbons (Fsp3) is 0.438. The third-order valence-corrected chi connectivity index (χ3v) is 4.25. The van der Waals surface area contributed by atoms with Crippen LogP contribution in [0.1, 0.15) is 19.3 Å². The van der Waals surface area contributed by atoms with Gasteiger partial charge in [0.15, 0.2) is 0 Å². The molecule has 1 aromatic rings. The average Bonchev–Trinajstić information content (AvgIpc) is 2.56. The van der Waals surface area contributed by atoms with E-state index in [1.807, 2.05) is 0 Å². The first-order valence-electron chi connectivity index (χ1n) is 7.75. The Kier molecular flexibility index (Phi) is 4.37. The summed E-state index contributed by atoms with van der Waals surface area (Å²) in [4.78, 5) is 37.7. The minimum Gasteiger partial charge on any atom is -0.494 e. The molecule has 0 unspecified atom stereocenters. The van der Waals surface area contributed by atoms with Gasteiger partial charge in [0, 0.05) is 51.0 Å². The minimum atomic E-state index is -0.597. The SMILES string of the molecule is COc1cc(N2CCC(=O)CC2)c(F)cc1N1CCC(=O)NC1=O. The number of nitrogens with one attached hydrogen (secondary N) is 1. The third kappa shape index (κ3) is 3.04. The molecule has 1 aromatic carbocycles. The Morgan fingerprint density at radius 1 is 1.04 bits per heavy atom. The number of halogens is 1. The van der Waals surface area contributed by atoms with Gasteiger partial charge >= 0.3 is 6.03 Å². The molecule has 0 atom stereocenters. The predicted molar refractivity (Wildman–Crippen MR) is 84.9 cm³/mol. The van der Waals surface area contributed by atoms with Crippen molar-refractivity contribution in [2.45, 2.75) is 19.3 Å². The second-order valence-corrected chi connectivity index (χ2v) is 5.76. The minimum absolute atomic E-state index is 0.145. The number of ether oxygens (including phenoxy) is 1. The fourth-order valence-electron chi connectivity index (χ4n) is 2.94. The van der Waals surface area contributed by atoms with Crippen LogP contribution in [0.15, 0.2) is 12.1 Å². The summed E-state index contributed by atoms with van der Waals surface area (Å²) >= 11 is 0. The Bertz CT molecular complexity index is 697. The van der Waals surface area contributed by atoms with Gasteiger partial charge in [0.2, 0.25) is 5.91 Å². The predicted octanol–water partition coefficient (Wildman–Crippen LogP) is 1.45. The molecular formula is C16H18FN3O4. The Hall–Kier alpha value is -2.64. The van der Waals surface area contributed by atoms with Crippen LogP contribution in [0.5, 0.6) is 5.75 Å². The number of methoxy groups -OCH3 is 1. The number of nitrogens with zero attached hydrogens (tertiary/aromatic N) is 2. The lowest BCUT2D eigenvalue weighted by molar-refractivity contribution is -0.120. The highest BCUT2D eigenvalue weighted by Crippen LogP contribution is 2.36. The Morgan fingerprint density at radius 2 is 1.75 bits per heavy atom. The van der Waals surface area contributed by atoms with Crippen molar-refractivity contribution in [1.29, 1.82) is 0 Å². The van der Waals surface area contributed by atoms with Crippen LogP contribution < -0.4 is 19.9 Å². The van der Waals surface area contributed by atoms with Crippen molar-refractivity contribution in [3.05, 3.63) is 17.9 Å². The number of rotatable bonds is 3. The molecule has 8 heteroatoms. The van der Waals surface area contributed by atoms with Gasteiger partial charge in [-0.1, -0.05) is 0 Å². The molecule has 0 radical (unpaired) electrons. The van der Waals surface area contributed by atoms with Crippen molar-refractivity contribution in [3.8, 4) is 5.75 Å². The van der Waals surface area contributed by atoms with Crippen LogP contribution in [-0.2, 0) is 9.59 Å². The van der Waals surface area contributed by atoms with E-state index in [-0.39, 0.29) is 30.3 Å². The monoisotopic (exact) mass is 335 g/mol. The van der Waals surface area contributed by atoms with Gasteiger partial charge in [0.25, 0.3) is 0 Å². The number of urea groups is 1. The summed E-state index contributed by atoms with van der Waals surface area (Å²) in [6, 6.07) is 2.17. The summed E-state index contributed by atoms with van der Waals surface area (Å²) in [6.07, 6.45) is 0.923. The molecule has 0 aliphatic carbocycles. The lowest BCUT2D eigenvalue weighted by Gasteiger charge is -2.31. The molecule has 0 bridgehead atoms. The van der Waals surface area contributed by atoms with Crippen LogP contribution in [0, 0.1) is 5.82 Å². The second-order valence-electron chi connectivity index (χ2n) is 5.76. The van der Waals surface area contributed by atoms with Crippen LogP contribution in [0.2, 0.25) is 0 Å². The standard InChI is InChI=1S/C16H18FN3O4/c1-24-14-9-12(19-5-2-10(21)3-6-19)11(17)8-13(14)20-7-4-15(22)18-16(20)23/h8-9H,2-7H2,1H3,(H,18,22,23). The Labute approximate surface area is 138 Å². The first-order valence-corrected chi connectivity index (χ1v) is 7.75. The summed E-state index contributed by atoms with van der Waals surface area (Å²) in [5.41, 5.74) is 0.619. The number of benzene rings is 1. The average molecular weight is 335 g/mol. The van der Waals surface area contributed by atoms with Gasteiger partial charge in [0.1, 0.15) is 17.3 Å². The zero-order valence-electron chi connectivity index (χ0n) is 13.3. The summed E-state index contributed by atoms with van der Waals surface area (Å²) < 4.78 is 19.9. The maximum atomic E-state index is 14.6. The number of carbonyl (C=O) groups excluding carboxylic acids is 3. The van der Waals surface area contributed by atoms with Gasteiger partial charge in [-0.3, -0.25) is 19.8 Å². The number of amides is 3. The van der Waals surface area contributed by atoms with E-state index in [1.165, 1.54) is 24.1 Å². The molecule has 2 heterocycles. The number of ketones is 1. The summed E-state index contributed by atoms with van der Waals surface area (Å²) in [5.74, 6) is -0.340. The lowest BCUT2D eigenvalue weighted by Crippen LogP contribution is -2.49. The normalized spacial score (nSPS) is 18.7. The molecule has 2 aliphatic rings. The smallest absolute Gasteiger partial charge is 0.328 e. The molecule has 0 saturated carbocycles. The quantitative estimate of drug-likeness (QED) is 0.904. The molecule has 1 N–H and O–H groups in total. The number of Topliss-reactive ketones (excluding diaryl/α,β-unsaturated/α-hetero) is 1. The van der Waals surface area contributed by atoms with E-state index in [0.717, 1.165) is 0 Å². The lowest BCUT2D eigenvalue weighted by atomic mass is 10.1. The van der Waals surface area contributed by atoms with Crippen molar-refractivity contribution in [2.75, 3.05) is 36.5 Å². The van der Waals surface area contributed by atoms with Crippen LogP contribution in [0.25, 0.3) is 0 Å². The van der Waals surface area contributed by atoms with Crippen LogP contribution in [0.3, 0.4) is 0 Å². The van der Waals surface area contributed by atoms with Gasteiger partial charge in [-0.15, -0.1) is 0 Å². The van der Waals surface area contributed by atoms with Gasteiger partial charge in [0.05, 0.1) is 18.5 Å². The number of anilines is 2. The first kappa shape index (κ1) is 16.2. The van der Waals surface area contributed by atoms with Crippen molar-refractivity contribution >= 4 is 29.1 Å². The highest BCUT2D eigenvalue weighted by Gasteiger charge is 2.29. The topological polar surface area (TPSA) is 79.0 Å². The Balaban J connectivity index is 1.92. The van der Waals surface area contributed by atoms with Crippen LogP contribution in [0.4, 0.5) is 20.6 Å². The number of hydrogen-bond acceptors (Lipinski definition) is 5. The number of imide groups is 1. The van der Waals surface area contributed by atoms with E-state index in [9.17, 15) is 18.8 Å². The highest BCUT2D eigenvalue weighted by atomic mass is 19.1. The molecule has 3 rings (SSSR count). The van der Waals surface area contributed by atoms with Crippen molar-refractivity contribution in [1.82, 2.24) is 5.32 Å². The van der Waals surface area contributed by atoms with E-state index in [4.69, 9.17) is 4.74 Å². The molecule has 3 amide bonds. The van der Waals surface area contributed by atoms with Crippen LogP contribution in [-0.4, -0.2) is 44.5 Å². The van der Waals surface area contributed by atoms with Crippen LogP contribution >= 0.6 is 0 Å². The van der Waals surface area contributed by atoms with E-state index in [2.05, 4.69) is 5.32 Å². The zero-order valence-corrected chi connectivity index (χ0v) is 13.3. The van der Waals surface area contributed by atoms with E-state index < -0.39 is 11.8 Å². The first-order chi connectivity index (χ1) is 11.5. The van der Waals surface area contributed by atoms with Crippen molar-refractivity contribution in [2.24, 2.45) is 0 Å². The van der Waals surface area contributed by atoms with Gasteiger partial charge in [-0.25, -0.2) is 9.18 Å². The molecule has 0 spiro atoms. The summed E-state index contributed by atoms with van der Waals surface area (Å²) in [5, 5.41) is 2.20. The van der Waals surface area contributed by atoms with Gasteiger partial charge in [-0.2, -0.15) is 0 Å². The highest BCUT2D eigenvalue weighted by molar-refractivity contribution is 6.06. The molecule has 2 aliphatic heterocycles. The number of carbonyl (C=O) groups is 3. The Morgan fingerprint density at radius 3 is 2.38 bits per heavy atom. The molecule has 128 valence electrons. The molecule has 0 aromatic heterocycles. The second kappa shape index (κ2) is 6.46. The van der Waals surface area contributed by atoms with E-state index in [1.54, 1.807) is 4.90 Å². The van der Waals surface area contributed by atoms with E-state index in [0.29, 0.717) is 37.4 Å².